The highest BCUT2D eigenvalue weighted by molar-refractivity contribution is 5.66. The van der Waals surface area contributed by atoms with Gasteiger partial charge in [-0.05, 0) is 65.6 Å². The van der Waals surface area contributed by atoms with E-state index in [1.54, 1.807) is 54.6 Å². The molecule has 4 aromatic carbocycles. The number of hydrogen-bond donors (Lipinski definition) is 1. The summed E-state index contributed by atoms with van der Waals surface area (Å²) in [6, 6.07) is 22.3. The molecule has 0 aliphatic rings. The van der Waals surface area contributed by atoms with Crippen molar-refractivity contribution in [3.8, 4) is 28.0 Å². The number of aryl methyl sites for hydroxylation is 2. The molecule has 5 heteroatoms. The summed E-state index contributed by atoms with van der Waals surface area (Å²) in [5.41, 5.74) is 3.94. The average molecular weight is 531 g/mol. The molecule has 0 amide bonds. The molecule has 0 saturated heterocycles. The summed E-state index contributed by atoms with van der Waals surface area (Å²) in [7, 11) is 0. The van der Waals surface area contributed by atoms with E-state index in [-0.39, 0.29) is 11.4 Å². The lowest BCUT2D eigenvalue weighted by atomic mass is 9.96. The van der Waals surface area contributed by atoms with Gasteiger partial charge >= 0.3 is 0 Å². The molecule has 0 aliphatic carbocycles. The Labute approximate surface area is 228 Å². The maximum absolute atomic E-state index is 15.0. The van der Waals surface area contributed by atoms with Crippen LogP contribution in [0.15, 0.2) is 91.5 Å². The minimum absolute atomic E-state index is 0.191. The van der Waals surface area contributed by atoms with Crippen LogP contribution < -0.4 is 4.74 Å². The zero-order chi connectivity index (χ0) is 27.8. The molecule has 0 saturated carbocycles. The second kappa shape index (κ2) is 13.3. The summed E-state index contributed by atoms with van der Waals surface area (Å²) in [6.07, 6.45) is 4.21. The van der Waals surface area contributed by atoms with Gasteiger partial charge < -0.3 is 9.84 Å². The summed E-state index contributed by atoms with van der Waals surface area (Å²) in [6.45, 7) is 6.08. The van der Waals surface area contributed by atoms with Crippen LogP contribution in [-0.2, 0) is 12.8 Å². The van der Waals surface area contributed by atoms with Crippen LogP contribution in [0.4, 0.5) is 13.2 Å². The largest absolute Gasteiger partial charge is 0.493 e. The molecule has 0 bridgehead atoms. The van der Waals surface area contributed by atoms with Crippen LogP contribution >= 0.6 is 0 Å². The third kappa shape index (κ3) is 6.98. The standard InChI is InChI=1S/C34H33F3O2/c1-3-5-21-39-28-18-20-29(31(35)22-28)24-10-7-23(8-11-24)9-12-27-17-19-30(34(37)33(27)36)25-13-15-26(16-14-25)32(38)6-4-2/h3,7-8,10-11,13-20,22,32,38H,1,4-6,9,12,21H2,2H3. The second-order valence-electron chi connectivity index (χ2n) is 9.59. The fraction of sp³-hybridized carbons (Fsp3) is 0.235. The van der Waals surface area contributed by atoms with Crippen LogP contribution in [-0.4, -0.2) is 11.7 Å². The average Bonchev–Trinajstić information content (AvgIpc) is 2.95. The normalized spacial score (nSPS) is 11.8. The molecule has 4 aromatic rings. The van der Waals surface area contributed by atoms with Crippen molar-refractivity contribution in [2.45, 2.75) is 45.1 Å². The van der Waals surface area contributed by atoms with Crippen molar-refractivity contribution in [3.63, 3.8) is 0 Å². The molecular formula is C34H33F3O2. The highest BCUT2D eigenvalue weighted by Crippen LogP contribution is 2.30. The van der Waals surface area contributed by atoms with Crippen molar-refractivity contribution in [3.05, 3.63) is 126 Å². The first-order valence-corrected chi connectivity index (χ1v) is 13.3. The maximum atomic E-state index is 15.0. The Morgan fingerprint density at radius 2 is 1.49 bits per heavy atom. The Morgan fingerprint density at radius 1 is 0.821 bits per heavy atom. The molecule has 0 spiro atoms. The van der Waals surface area contributed by atoms with Crippen molar-refractivity contribution in [1.82, 2.24) is 0 Å². The predicted molar refractivity (Wildman–Crippen MR) is 151 cm³/mol. The van der Waals surface area contributed by atoms with Gasteiger partial charge in [-0.25, -0.2) is 13.2 Å². The molecule has 1 unspecified atom stereocenters. The third-order valence-electron chi connectivity index (χ3n) is 6.81. The third-order valence-corrected chi connectivity index (χ3v) is 6.81. The molecule has 0 fully saturated rings. The Bertz CT molecular complexity index is 1400. The van der Waals surface area contributed by atoms with Gasteiger partial charge in [-0.2, -0.15) is 0 Å². The summed E-state index contributed by atoms with van der Waals surface area (Å²) in [4.78, 5) is 0. The quantitative estimate of drug-likeness (QED) is 0.146. The number of aliphatic hydroxyl groups is 1. The van der Waals surface area contributed by atoms with Crippen LogP contribution in [0.5, 0.6) is 5.75 Å². The minimum Gasteiger partial charge on any atom is -0.493 e. The van der Waals surface area contributed by atoms with Gasteiger partial charge in [0.05, 0.1) is 12.7 Å². The molecule has 2 nitrogen and oxygen atoms in total. The summed E-state index contributed by atoms with van der Waals surface area (Å²) < 4.78 is 50.1. The molecule has 0 heterocycles. The van der Waals surface area contributed by atoms with Crippen molar-refractivity contribution < 1.29 is 23.0 Å². The lowest BCUT2D eigenvalue weighted by molar-refractivity contribution is 0.166. The Balaban J connectivity index is 1.41. The van der Waals surface area contributed by atoms with Crippen molar-refractivity contribution >= 4 is 0 Å². The molecule has 39 heavy (non-hydrogen) atoms. The molecular weight excluding hydrogens is 497 g/mol. The molecule has 1 N–H and O–H groups in total. The molecule has 1 atom stereocenters. The van der Waals surface area contributed by atoms with Gasteiger partial charge in [0.25, 0.3) is 0 Å². The summed E-state index contributed by atoms with van der Waals surface area (Å²) in [5.74, 6) is -1.63. The lowest BCUT2D eigenvalue weighted by Crippen LogP contribution is -2.00. The van der Waals surface area contributed by atoms with Gasteiger partial charge in [0, 0.05) is 17.2 Å². The zero-order valence-corrected chi connectivity index (χ0v) is 22.1. The Hall–Kier alpha value is -3.83. The van der Waals surface area contributed by atoms with Gasteiger partial charge in [-0.15, -0.1) is 6.58 Å². The summed E-state index contributed by atoms with van der Waals surface area (Å²) >= 11 is 0. The number of halogens is 3. The Morgan fingerprint density at radius 3 is 2.15 bits per heavy atom. The van der Waals surface area contributed by atoms with Gasteiger partial charge in [-0.3, -0.25) is 0 Å². The number of rotatable bonds is 12. The molecule has 0 radical (unpaired) electrons. The monoisotopic (exact) mass is 530 g/mol. The van der Waals surface area contributed by atoms with E-state index in [9.17, 15) is 18.3 Å². The topological polar surface area (TPSA) is 29.5 Å². The zero-order valence-electron chi connectivity index (χ0n) is 22.1. The van der Waals surface area contributed by atoms with Crippen LogP contribution in [0, 0.1) is 17.5 Å². The second-order valence-corrected chi connectivity index (χ2v) is 9.59. The molecule has 0 aliphatic heterocycles. The van der Waals surface area contributed by atoms with E-state index in [0.29, 0.717) is 54.7 Å². The first-order valence-electron chi connectivity index (χ1n) is 13.3. The highest BCUT2D eigenvalue weighted by Gasteiger charge is 2.16. The van der Waals surface area contributed by atoms with Gasteiger partial charge in [0.2, 0.25) is 0 Å². The van der Waals surface area contributed by atoms with Gasteiger partial charge in [0.1, 0.15) is 11.6 Å². The minimum atomic E-state index is -0.878. The SMILES string of the molecule is C=CCCOc1ccc(-c2ccc(CCc3ccc(-c4ccc(C(O)CCC)cc4)c(F)c3F)cc2)c(F)c1. The van der Waals surface area contributed by atoms with E-state index in [2.05, 4.69) is 6.58 Å². The lowest BCUT2D eigenvalue weighted by Gasteiger charge is -2.12. The van der Waals surface area contributed by atoms with Crippen molar-refractivity contribution in [2.75, 3.05) is 6.61 Å². The van der Waals surface area contributed by atoms with Crippen molar-refractivity contribution in [1.29, 1.82) is 0 Å². The van der Waals surface area contributed by atoms with E-state index in [4.69, 9.17) is 4.74 Å². The summed E-state index contributed by atoms with van der Waals surface area (Å²) in [5, 5.41) is 10.1. The first kappa shape index (κ1) is 28.2. The first-order chi connectivity index (χ1) is 18.9. The van der Waals surface area contributed by atoms with Crippen LogP contribution in [0.25, 0.3) is 22.3 Å². The fourth-order valence-corrected chi connectivity index (χ4v) is 4.54. The van der Waals surface area contributed by atoms with Gasteiger partial charge in [0.15, 0.2) is 11.6 Å². The van der Waals surface area contributed by atoms with E-state index in [1.165, 1.54) is 6.07 Å². The van der Waals surface area contributed by atoms with Gasteiger partial charge in [-0.1, -0.05) is 80.1 Å². The number of aliphatic hydroxyl groups excluding tert-OH is 1. The Kier molecular flexibility index (Phi) is 9.61. The smallest absolute Gasteiger partial charge is 0.166 e. The van der Waals surface area contributed by atoms with Crippen LogP contribution in [0.1, 0.15) is 49.0 Å². The van der Waals surface area contributed by atoms with Crippen LogP contribution in [0.3, 0.4) is 0 Å². The fourth-order valence-electron chi connectivity index (χ4n) is 4.54. The van der Waals surface area contributed by atoms with E-state index in [0.717, 1.165) is 23.1 Å². The van der Waals surface area contributed by atoms with E-state index < -0.39 is 17.7 Å². The predicted octanol–water partition coefficient (Wildman–Crippen LogP) is 9.01. The maximum Gasteiger partial charge on any atom is 0.166 e. The van der Waals surface area contributed by atoms with Crippen molar-refractivity contribution in [2.24, 2.45) is 0 Å². The molecule has 4 rings (SSSR count). The van der Waals surface area contributed by atoms with E-state index in [1.807, 2.05) is 31.2 Å². The molecule has 0 aromatic heterocycles. The van der Waals surface area contributed by atoms with E-state index >= 15 is 0 Å². The highest BCUT2D eigenvalue weighted by atomic mass is 19.2. The van der Waals surface area contributed by atoms with Crippen LogP contribution in [0.2, 0.25) is 0 Å². The number of benzene rings is 4. The number of ether oxygens (including phenoxy) is 1. The molecule has 202 valence electrons. The number of hydrogen-bond acceptors (Lipinski definition) is 2.